The highest BCUT2D eigenvalue weighted by Gasteiger charge is 2.60. The molecule has 1 amide bonds. The first kappa shape index (κ1) is 16.3. The fourth-order valence-corrected chi connectivity index (χ4v) is 4.08. The summed E-state index contributed by atoms with van der Waals surface area (Å²) in [5.41, 5.74) is 1.34. The predicted octanol–water partition coefficient (Wildman–Crippen LogP) is 4.57. The molecule has 1 aromatic rings. The molecule has 1 heterocycles. The van der Waals surface area contributed by atoms with Gasteiger partial charge in [0.15, 0.2) is 0 Å². The second kappa shape index (κ2) is 6.14. The Morgan fingerprint density at radius 1 is 1.30 bits per heavy atom. The summed E-state index contributed by atoms with van der Waals surface area (Å²) in [4.78, 5) is 12.7. The molecular formula is C19H29N3O. The zero-order chi connectivity index (χ0) is 16.6. The van der Waals surface area contributed by atoms with E-state index in [1.54, 1.807) is 6.20 Å². The molecule has 126 valence electrons. The lowest BCUT2D eigenvalue weighted by Gasteiger charge is -2.24. The van der Waals surface area contributed by atoms with E-state index < -0.39 is 0 Å². The van der Waals surface area contributed by atoms with E-state index in [4.69, 9.17) is 0 Å². The van der Waals surface area contributed by atoms with Crippen LogP contribution in [0.4, 0.5) is 5.82 Å². The lowest BCUT2D eigenvalue weighted by atomic mass is 9.96. The average Bonchev–Trinajstić information content (AvgIpc) is 2.85. The number of amides is 1. The minimum Gasteiger partial charge on any atom is -0.311 e. The first-order chi connectivity index (χ1) is 10.9. The monoisotopic (exact) mass is 315 g/mol. The van der Waals surface area contributed by atoms with Crippen LogP contribution in [0.15, 0.2) is 23.9 Å². The molecule has 0 aromatic carbocycles. The van der Waals surface area contributed by atoms with Crippen molar-refractivity contribution in [3.05, 3.63) is 23.9 Å². The summed E-state index contributed by atoms with van der Waals surface area (Å²) < 4.78 is 2.03. The molecule has 4 nitrogen and oxygen atoms in total. The minimum absolute atomic E-state index is 0.0526. The molecule has 4 heteroatoms. The Morgan fingerprint density at radius 3 is 2.65 bits per heavy atom. The van der Waals surface area contributed by atoms with Gasteiger partial charge in [0.2, 0.25) is 5.91 Å². The van der Waals surface area contributed by atoms with Gasteiger partial charge in [-0.05, 0) is 38.0 Å². The molecular weight excluding hydrogens is 286 g/mol. The molecule has 1 aromatic heterocycles. The van der Waals surface area contributed by atoms with E-state index in [1.165, 1.54) is 37.7 Å². The van der Waals surface area contributed by atoms with E-state index in [-0.39, 0.29) is 17.2 Å². The van der Waals surface area contributed by atoms with Gasteiger partial charge in [0.1, 0.15) is 5.82 Å². The molecule has 0 radical (unpaired) electrons. The normalized spacial score (nSPS) is 26.6. The summed E-state index contributed by atoms with van der Waals surface area (Å²) in [5.74, 6) is 1.40. The second-order valence-electron chi connectivity index (χ2n) is 8.01. The average molecular weight is 315 g/mol. The Balaban J connectivity index is 1.70. The fourth-order valence-electron chi connectivity index (χ4n) is 4.08. The van der Waals surface area contributed by atoms with E-state index in [1.807, 2.05) is 10.7 Å². The molecule has 1 N–H and O–H groups in total. The summed E-state index contributed by atoms with van der Waals surface area (Å²) in [5, 5.41) is 7.61. The number of carbonyl (C=O) groups excluding carboxylic acids is 1. The summed E-state index contributed by atoms with van der Waals surface area (Å²) in [6.07, 6.45) is 10.2. The van der Waals surface area contributed by atoms with Crippen molar-refractivity contribution in [1.29, 1.82) is 0 Å². The Hall–Kier alpha value is -1.58. The van der Waals surface area contributed by atoms with Crippen LogP contribution in [0.25, 0.3) is 0 Å². The first-order valence-corrected chi connectivity index (χ1v) is 8.90. The number of carbonyl (C=O) groups is 1. The predicted molar refractivity (Wildman–Crippen MR) is 93.2 cm³/mol. The van der Waals surface area contributed by atoms with E-state index in [2.05, 4.69) is 44.2 Å². The maximum atomic E-state index is 12.7. The molecule has 2 aliphatic rings. The minimum atomic E-state index is 0.0526. The van der Waals surface area contributed by atoms with Crippen molar-refractivity contribution in [3.63, 3.8) is 0 Å². The molecule has 0 aliphatic heterocycles. The second-order valence-corrected chi connectivity index (χ2v) is 8.01. The number of hydrogen-bond donors (Lipinski definition) is 1. The largest absolute Gasteiger partial charge is 0.311 e. The molecule has 0 bridgehead atoms. The topological polar surface area (TPSA) is 46.9 Å². The molecule has 2 atom stereocenters. The van der Waals surface area contributed by atoms with Crippen LogP contribution in [-0.4, -0.2) is 15.7 Å². The molecule has 2 saturated carbocycles. The standard InChI is InChI=1S/C19H29N3O/c1-13(2)12-15-17(19(15,3)4)18(23)21-16-10-11-20-22(16)14-8-6-5-7-9-14/h10-12,14-15,17H,5-9H2,1-4H3,(H,21,23). The van der Waals surface area contributed by atoms with E-state index in [0.717, 1.165) is 5.82 Å². The van der Waals surface area contributed by atoms with Crippen LogP contribution < -0.4 is 5.32 Å². The van der Waals surface area contributed by atoms with Crippen molar-refractivity contribution in [3.8, 4) is 0 Å². The van der Waals surface area contributed by atoms with Crippen molar-refractivity contribution < 1.29 is 4.79 Å². The van der Waals surface area contributed by atoms with Crippen molar-refractivity contribution in [2.75, 3.05) is 5.32 Å². The Labute approximate surface area is 139 Å². The Morgan fingerprint density at radius 2 is 2.00 bits per heavy atom. The van der Waals surface area contributed by atoms with Gasteiger partial charge in [-0.15, -0.1) is 0 Å². The van der Waals surface area contributed by atoms with E-state index in [0.29, 0.717) is 12.0 Å². The maximum absolute atomic E-state index is 12.7. The highest BCUT2D eigenvalue weighted by Crippen LogP contribution is 2.59. The van der Waals surface area contributed by atoms with Crippen molar-refractivity contribution in [2.24, 2.45) is 17.3 Å². The Kier molecular flexibility index (Phi) is 4.35. The van der Waals surface area contributed by atoms with Gasteiger partial charge in [-0.25, -0.2) is 4.68 Å². The van der Waals surface area contributed by atoms with Gasteiger partial charge in [-0.3, -0.25) is 4.79 Å². The highest BCUT2D eigenvalue weighted by molar-refractivity contribution is 5.95. The van der Waals surface area contributed by atoms with Crippen LogP contribution in [0.2, 0.25) is 0 Å². The SMILES string of the molecule is CC(C)=CC1C(C(=O)Nc2ccnn2C2CCCCC2)C1(C)C. The van der Waals surface area contributed by atoms with Gasteiger partial charge in [0.25, 0.3) is 0 Å². The summed E-state index contributed by atoms with van der Waals surface area (Å²) >= 11 is 0. The Bertz CT molecular complexity index is 604. The first-order valence-electron chi connectivity index (χ1n) is 8.90. The fraction of sp³-hybridized carbons (Fsp3) is 0.684. The number of rotatable bonds is 4. The summed E-state index contributed by atoms with van der Waals surface area (Å²) in [6, 6.07) is 2.37. The van der Waals surface area contributed by atoms with Crippen LogP contribution in [-0.2, 0) is 4.79 Å². The number of aromatic nitrogens is 2. The van der Waals surface area contributed by atoms with Gasteiger partial charge in [0.05, 0.1) is 18.2 Å². The zero-order valence-corrected chi connectivity index (χ0v) is 14.8. The number of anilines is 1. The number of allylic oxidation sites excluding steroid dienone is 2. The highest BCUT2D eigenvalue weighted by atomic mass is 16.2. The lowest BCUT2D eigenvalue weighted by molar-refractivity contribution is -0.118. The third-order valence-corrected chi connectivity index (χ3v) is 5.55. The van der Waals surface area contributed by atoms with Crippen LogP contribution in [0.1, 0.15) is 65.8 Å². The van der Waals surface area contributed by atoms with Crippen LogP contribution in [0, 0.1) is 17.3 Å². The number of hydrogen-bond acceptors (Lipinski definition) is 2. The van der Waals surface area contributed by atoms with Gasteiger partial charge >= 0.3 is 0 Å². The molecule has 3 rings (SSSR count). The van der Waals surface area contributed by atoms with Gasteiger partial charge in [-0.1, -0.05) is 44.8 Å². The number of nitrogens with one attached hydrogen (secondary N) is 1. The maximum Gasteiger partial charge on any atom is 0.229 e. The van der Waals surface area contributed by atoms with Crippen molar-refractivity contribution in [1.82, 2.24) is 9.78 Å². The summed E-state index contributed by atoms with van der Waals surface area (Å²) in [6.45, 7) is 8.56. The quantitative estimate of drug-likeness (QED) is 0.828. The molecule has 0 spiro atoms. The van der Waals surface area contributed by atoms with Crippen LogP contribution >= 0.6 is 0 Å². The third-order valence-electron chi connectivity index (χ3n) is 5.55. The van der Waals surface area contributed by atoms with Gasteiger partial charge < -0.3 is 5.32 Å². The third kappa shape index (κ3) is 3.22. The zero-order valence-electron chi connectivity index (χ0n) is 14.8. The van der Waals surface area contributed by atoms with Crippen molar-refractivity contribution >= 4 is 11.7 Å². The summed E-state index contributed by atoms with van der Waals surface area (Å²) in [7, 11) is 0. The molecule has 23 heavy (non-hydrogen) atoms. The van der Waals surface area contributed by atoms with Crippen LogP contribution in [0.5, 0.6) is 0 Å². The number of nitrogens with zero attached hydrogens (tertiary/aromatic N) is 2. The molecule has 0 saturated heterocycles. The van der Waals surface area contributed by atoms with Gasteiger partial charge in [0, 0.05) is 6.07 Å². The van der Waals surface area contributed by atoms with E-state index in [9.17, 15) is 4.79 Å². The molecule has 2 fully saturated rings. The molecule has 2 aliphatic carbocycles. The van der Waals surface area contributed by atoms with Crippen molar-refractivity contribution in [2.45, 2.75) is 65.8 Å². The van der Waals surface area contributed by atoms with Crippen LogP contribution in [0.3, 0.4) is 0 Å². The van der Waals surface area contributed by atoms with Gasteiger partial charge in [-0.2, -0.15) is 5.10 Å². The van der Waals surface area contributed by atoms with E-state index >= 15 is 0 Å². The lowest BCUT2D eigenvalue weighted by Crippen LogP contribution is -2.22. The molecule has 2 unspecified atom stereocenters. The smallest absolute Gasteiger partial charge is 0.229 e.